The van der Waals surface area contributed by atoms with Gasteiger partial charge in [0.15, 0.2) is 5.96 Å². The summed E-state index contributed by atoms with van der Waals surface area (Å²) in [4.78, 5) is 4.08. The summed E-state index contributed by atoms with van der Waals surface area (Å²) >= 11 is 0. The fourth-order valence-corrected chi connectivity index (χ4v) is 2.16. The van der Waals surface area contributed by atoms with Crippen LogP contribution in [0.5, 0.6) is 0 Å². The highest BCUT2D eigenvalue weighted by Gasteiger charge is 2.34. The van der Waals surface area contributed by atoms with E-state index in [0.29, 0.717) is 18.3 Å². The molecular weight excluding hydrogens is 385 g/mol. The van der Waals surface area contributed by atoms with Crippen molar-refractivity contribution in [2.24, 2.45) is 4.99 Å². The van der Waals surface area contributed by atoms with Crippen LogP contribution < -0.4 is 10.6 Å². The number of aliphatic imine (C=N–C) groups is 1. The minimum Gasteiger partial charge on any atom is -0.466 e. The molecule has 120 valence electrons. The average molecular weight is 409 g/mol. The van der Waals surface area contributed by atoms with E-state index in [9.17, 15) is 10.2 Å². The van der Waals surface area contributed by atoms with Crippen molar-refractivity contribution in [1.29, 1.82) is 0 Å². The lowest BCUT2D eigenvalue weighted by atomic mass is 9.80. The maximum atomic E-state index is 10.3. The van der Waals surface area contributed by atoms with Crippen LogP contribution in [-0.4, -0.2) is 41.9 Å². The molecular formula is C14H24IN3O3. The van der Waals surface area contributed by atoms with E-state index in [0.717, 1.165) is 19.3 Å². The van der Waals surface area contributed by atoms with Gasteiger partial charge in [-0.2, -0.15) is 0 Å². The van der Waals surface area contributed by atoms with Crippen molar-refractivity contribution in [1.82, 2.24) is 10.6 Å². The summed E-state index contributed by atoms with van der Waals surface area (Å²) < 4.78 is 5.21. The van der Waals surface area contributed by atoms with Crippen LogP contribution in [0.3, 0.4) is 0 Å². The van der Waals surface area contributed by atoms with Crippen LogP contribution >= 0.6 is 24.0 Å². The summed E-state index contributed by atoms with van der Waals surface area (Å²) in [5, 5.41) is 26.5. The Morgan fingerprint density at radius 1 is 1.48 bits per heavy atom. The van der Waals surface area contributed by atoms with E-state index < -0.39 is 11.2 Å². The van der Waals surface area contributed by atoms with Gasteiger partial charge >= 0.3 is 0 Å². The Hall–Kier alpha value is -0.800. The first kappa shape index (κ1) is 18.2. The molecule has 6 nitrogen and oxygen atoms in total. The number of furan rings is 1. The van der Waals surface area contributed by atoms with Crippen molar-refractivity contribution < 1.29 is 14.6 Å². The number of nitrogens with zero attached hydrogens (tertiary/aromatic N) is 1. The highest BCUT2D eigenvalue weighted by atomic mass is 127. The van der Waals surface area contributed by atoms with Gasteiger partial charge in [-0.1, -0.05) is 0 Å². The van der Waals surface area contributed by atoms with Crippen LogP contribution in [0.1, 0.15) is 31.9 Å². The van der Waals surface area contributed by atoms with Crippen molar-refractivity contribution in [3.05, 3.63) is 24.2 Å². The molecule has 0 bridgehead atoms. The lowest BCUT2D eigenvalue weighted by molar-refractivity contribution is -0.0280. The fourth-order valence-electron chi connectivity index (χ4n) is 2.16. The third kappa shape index (κ3) is 4.86. The molecule has 2 rings (SSSR count). The number of guanidine groups is 1. The fraction of sp³-hybridized carbons (Fsp3) is 0.643. The van der Waals surface area contributed by atoms with Crippen molar-refractivity contribution in [3.8, 4) is 0 Å². The average Bonchev–Trinajstić information content (AvgIpc) is 2.91. The van der Waals surface area contributed by atoms with E-state index in [4.69, 9.17) is 4.42 Å². The van der Waals surface area contributed by atoms with Gasteiger partial charge in [0.2, 0.25) is 0 Å². The molecule has 0 spiro atoms. The summed E-state index contributed by atoms with van der Waals surface area (Å²) in [6, 6.07) is 3.47. The Morgan fingerprint density at radius 3 is 2.67 bits per heavy atom. The highest BCUT2D eigenvalue weighted by molar-refractivity contribution is 14.0. The summed E-state index contributed by atoms with van der Waals surface area (Å²) in [5.74, 6) is 1.05. The topological polar surface area (TPSA) is 90.0 Å². The molecule has 0 aliphatic heterocycles. The van der Waals surface area contributed by atoms with Gasteiger partial charge in [0.05, 0.1) is 18.4 Å². The van der Waals surface area contributed by atoms with Crippen LogP contribution in [0.4, 0.5) is 0 Å². The molecule has 1 atom stereocenters. The van der Waals surface area contributed by atoms with Gasteiger partial charge in [0.25, 0.3) is 0 Å². The molecule has 1 aliphatic carbocycles. The van der Waals surface area contributed by atoms with E-state index in [-0.39, 0.29) is 30.5 Å². The summed E-state index contributed by atoms with van der Waals surface area (Å²) in [7, 11) is 1.65. The monoisotopic (exact) mass is 409 g/mol. The molecule has 0 saturated heterocycles. The maximum Gasteiger partial charge on any atom is 0.191 e. The van der Waals surface area contributed by atoms with E-state index in [1.54, 1.807) is 26.1 Å². The molecule has 0 amide bonds. The van der Waals surface area contributed by atoms with Crippen LogP contribution in [-0.2, 0) is 5.60 Å². The minimum absolute atomic E-state index is 0. The van der Waals surface area contributed by atoms with Gasteiger partial charge in [0, 0.05) is 13.6 Å². The van der Waals surface area contributed by atoms with Crippen LogP contribution in [0.15, 0.2) is 27.8 Å². The Bertz CT molecular complexity index is 456. The molecule has 1 aromatic heterocycles. The lowest BCUT2D eigenvalue weighted by Gasteiger charge is -2.37. The van der Waals surface area contributed by atoms with Gasteiger partial charge in [-0.3, -0.25) is 4.99 Å². The Kier molecular flexibility index (Phi) is 6.48. The molecule has 1 aromatic rings. The summed E-state index contributed by atoms with van der Waals surface area (Å²) in [5.41, 5.74) is -1.73. The number of aliphatic hydroxyl groups is 2. The van der Waals surface area contributed by atoms with Crippen molar-refractivity contribution >= 4 is 29.9 Å². The second-order valence-electron chi connectivity index (χ2n) is 5.61. The third-order valence-corrected chi connectivity index (χ3v) is 3.74. The maximum absolute atomic E-state index is 10.3. The first-order valence-electron chi connectivity index (χ1n) is 6.88. The molecule has 7 heteroatoms. The smallest absolute Gasteiger partial charge is 0.191 e. The lowest BCUT2D eigenvalue weighted by Crippen LogP contribution is -2.52. The minimum atomic E-state index is -1.12. The second-order valence-corrected chi connectivity index (χ2v) is 5.61. The summed E-state index contributed by atoms with van der Waals surface area (Å²) in [6.45, 7) is 2.40. The molecule has 0 aromatic carbocycles. The zero-order valence-electron chi connectivity index (χ0n) is 12.4. The molecule has 1 fully saturated rings. The molecule has 1 unspecified atom stereocenters. The number of hydrogen-bond acceptors (Lipinski definition) is 4. The van der Waals surface area contributed by atoms with Gasteiger partial charge in [-0.25, -0.2) is 0 Å². The largest absolute Gasteiger partial charge is 0.466 e. The predicted octanol–water partition coefficient (Wildman–Crippen LogP) is 1.19. The van der Waals surface area contributed by atoms with E-state index in [1.807, 2.05) is 0 Å². The SMILES string of the molecule is CN=C(NCC1(O)CCC1)NCC(C)(O)c1ccco1.I. The van der Waals surface area contributed by atoms with Gasteiger partial charge < -0.3 is 25.3 Å². The van der Waals surface area contributed by atoms with Crippen LogP contribution in [0.2, 0.25) is 0 Å². The Balaban J connectivity index is 0.00000220. The normalized spacial score (nSPS) is 19.9. The molecule has 21 heavy (non-hydrogen) atoms. The molecule has 4 N–H and O–H groups in total. The Labute approximate surface area is 142 Å². The molecule has 1 saturated carbocycles. The number of halogens is 1. The van der Waals surface area contributed by atoms with Crippen LogP contribution in [0.25, 0.3) is 0 Å². The van der Waals surface area contributed by atoms with Gasteiger partial charge in [-0.15, -0.1) is 24.0 Å². The zero-order chi connectivity index (χ0) is 14.6. The molecule has 0 radical (unpaired) electrons. The quantitative estimate of drug-likeness (QED) is 0.333. The van der Waals surface area contributed by atoms with E-state index >= 15 is 0 Å². The zero-order valence-corrected chi connectivity index (χ0v) is 14.8. The van der Waals surface area contributed by atoms with Gasteiger partial charge in [-0.05, 0) is 38.3 Å². The Morgan fingerprint density at radius 2 is 2.19 bits per heavy atom. The standard InChI is InChI=1S/C14H23N3O3.HI/c1-13(18,11-5-3-8-20-11)9-16-12(15-2)17-10-14(19)6-4-7-14;/h3,5,8,18-19H,4,6-7,9-10H2,1-2H3,(H2,15,16,17);1H. The number of nitrogens with one attached hydrogen (secondary N) is 2. The number of hydrogen-bond donors (Lipinski definition) is 4. The highest BCUT2D eigenvalue weighted by Crippen LogP contribution is 2.30. The van der Waals surface area contributed by atoms with Crippen molar-refractivity contribution in [3.63, 3.8) is 0 Å². The second kappa shape index (κ2) is 7.46. The predicted molar refractivity (Wildman–Crippen MR) is 91.9 cm³/mol. The van der Waals surface area contributed by atoms with Crippen LogP contribution in [0, 0.1) is 0 Å². The van der Waals surface area contributed by atoms with Crippen molar-refractivity contribution in [2.45, 2.75) is 37.4 Å². The molecule has 1 aliphatic rings. The third-order valence-electron chi connectivity index (χ3n) is 3.74. The first-order valence-corrected chi connectivity index (χ1v) is 6.88. The van der Waals surface area contributed by atoms with Crippen molar-refractivity contribution in [2.75, 3.05) is 20.1 Å². The van der Waals surface area contributed by atoms with E-state index in [2.05, 4.69) is 15.6 Å². The van der Waals surface area contributed by atoms with E-state index in [1.165, 1.54) is 6.26 Å². The molecule has 1 heterocycles. The summed E-state index contributed by atoms with van der Waals surface area (Å²) in [6.07, 6.45) is 4.24. The first-order chi connectivity index (χ1) is 9.45. The number of rotatable bonds is 5. The van der Waals surface area contributed by atoms with Gasteiger partial charge in [0.1, 0.15) is 11.4 Å².